The summed E-state index contributed by atoms with van der Waals surface area (Å²) in [6.45, 7) is 5.87. The van der Waals surface area contributed by atoms with Crippen molar-refractivity contribution < 1.29 is 14.0 Å². The van der Waals surface area contributed by atoms with E-state index in [9.17, 15) is 14.0 Å². The van der Waals surface area contributed by atoms with Gasteiger partial charge in [0.05, 0.1) is 0 Å². The smallest absolute Gasteiger partial charge is 0.315 e. The topological polar surface area (TPSA) is 70.2 Å². The Bertz CT molecular complexity index is 758. The minimum absolute atomic E-state index is 0.0704. The van der Waals surface area contributed by atoms with Crippen molar-refractivity contribution in [2.75, 3.05) is 5.32 Å². The molecule has 0 aliphatic heterocycles. The van der Waals surface area contributed by atoms with E-state index in [0.29, 0.717) is 23.4 Å². The standard InChI is InChI=1S/C19H22FN3O2/c1-12(2)22-19(25)21-11-14-4-6-15(7-5-14)18(24)23-17-9-8-16(20)10-13(17)3/h4-10,12H,11H2,1-3H3,(H,23,24)(H2,21,22,25). The van der Waals surface area contributed by atoms with E-state index in [1.807, 2.05) is 13.8 Å². The molecule has 2 aromatic carbocycles. The van der Waals surface area contributed by atoms with Gasteiger partial charge in [0.15, 0.2) is 0 Å². The van der Waals surface area contributed by atoms with Gasteiger partial charge >= 0.3 is 6.03 Å². The zero-order valence-corrected chi connectivity index (χ0v) is 14.5. The molecule has 0 bridgehead atoms. The van der Waals surface area contributed by atoms with E-state index in [1.165, 1.54) is 18.2 Å². The molecule has 2 aromatic rings. The fourth-order valence-electron chi connectivity index (χ4n) is 2.23. The molecule has 2 rings (SSSR count). The number of aryl methyl sites for hydroxylation is 1. The molecule has 0 atom stereocenters. The van der Waals surface area contributed by atoms with Crippen LogP contribution in [0.25, 0.3) is 0 Å². The summed E-state index contributed by atoms with van der Waals surface area (Å²) >= 11 is 0. The predicted octanol–water partition coefficient (Wildman–Crippen LogP) is 3.59. The Morgan fingerprint density at radius 1 is 1.08 bits per heavy atom. The van der Waals surface area contributed by atoms with E-state index >= 15 is 0 Å². The van der Waals surface area contributed by atoms with Gasteiger partial charge in [0.1, 0.15) is 5.82 Å². The molecule has 25 heavy (non-hydrogen) atoms. The lowest BCUT2D eigenvalue weighted by atomic mass is 10.1. The van der Waals surface area contributed by atoms with E-state index in [4.69, 9.17) is 0 Å². The third-order valence-corrected chi connectivity index (χ3v) is 3.53. The Morgan fingerprint density at radius 2 is 1.76 bits per heavy atom. The summed E-state index contributed by atoms with van der Waals surface area (Å²) in [5, 5.41) is 8.24. The quantitative estimate of drug-likeness (QED) is 0.776. The number of benzene rings is 2. The summed E-state index contributed by atoms with van der Waals surface area (Å²) in [6.07, 6.45) is 0. The molecule has 6 heteroatoms. The number of nitrogens with one attached hydrogen (secondary N) is 3. The summed E-state index contributed by atoms with van der Waals surface area (Å²) in [5.74, 6) is -0.611. The summed E-state index contributed by atoms with van der Waals surface area (Å²) < 4.78 is 13.1. The van der Waals surface area contributed by atoms with Crippen molar-refractivity contribution in [2.45, 2.75) is 33.4 Å². The van der Waals surface area contributed by atoms with Crippen LogP contribution in [-0.4, -0.2) is 18.0 Å². The number of carbonyl (C=O) groups excluding carboxylic acids is 2. The zero-order chi connectivity index (χ0) is 18.4. The predicted molar refractivity (Wildman–Crippen MR) is 96.0 cm³/mol. The van der Waals surface area contributed by atoms with Crippen LogP contribution in [0.3, 0.4) is 0 Å². The van der Waals surface area contributed by atoms with Gasteiger partial charge in [-0.1, -0.05) is 12.1 Å². The van der Waals surface area contributed by atoms with Gasteiger partial charge in [0.2, 0.25) is 0 Å². The van der Waals surface area contributed by atoms with Crippen molar-refractivity contribution in [2.24, 2.45) is 0 Å². The summed E-state index contributed by atoms with van der Waals surface area (Å²) in [6, 6.07) is 11.0. The maximum absolute atomic E-state index is 13.1. The molecule has 0 fully saturated rings. The van der Waals surface area contributed by atoms with E-state index in [0.717, 1.165) is 5.56 Å². The Labute approximate surface area is 146 Å². The maximum atomic E-state index is 13.1. The highest BCUT2D eigenvalue weighted by Crippen LogP contribution is 2.17. The number of anilines is 1. The summed E-state index contributed by atoms with van der Waals surface area (Å²) in [7, 11) is 0. The van der Waals surface area contributed by atoms with Gasteiger partial charge in [-0.15, -0.1) is 0 Å². The normalized spacial score (nSPS) is 10.4. The number of carbonyl (C=O) groups is 2. The maximum Gasteiger partial charge on any atom is 0.315 e. The molecule has 3 amide bonds. The monoisotopic (exact) mass is 343 g/mol. The first-order chi connectivity index (χ1) is 11.8. The van der Waals surface area contributed by atoms with E-state index in [-0.39, 0.29) is 23.8 Å². The second kappa shape index (κ2) is 8.28. The van der Waals surface area contributed by atoms with Gasteiger partial charge in [0.25, 0.3) is 5.91 Å². The lowest BCUT2D eigenvalue weighted by Crippen LogP contribution is -2.39. The van der Waals surface area contributed by atoms with Crippen LogP contribution < -0.4 is 16.0 Å². The molecule has 5 nitrogen and oxygen atoms in total. The third-order valence-electron chi connectivity index (χ3n) is 3.53. The average molecular weight is 343 g/mol. The SMILES string of the molecule is Cc1cc(F)ccc1NC(=O)c1ccc(CNC(=O)NC(C)C)cc1. The first-order valence-electron chi connectivity index (χ1n) is 8.06. The lowest BCUT2D eigenvalue weighted by Gasteiger charge is -2.11. The van der Waals surface area contributed by atoms with Crippen LogP contribution in [0.4, 0.5) is 14.9 Å². The lowest BCUT2D eigenvalue weighted by molar-refractivity contribution is 0.102. The minimum atomic E-state index is -0.339. The largest absolute Gasteiger partial charge is 0.336 e. The Kier molecular flexibility index (Phi) is 6.11. The highest BCUT2D eigenvalue weighted by Gasteiger charge is 2.09. The molecular weight excluding hydrogens is 321 g/mol. The molecular formula is C19H22FN3O2. The Balaban J connectivity index is 1.94. The van der Waals surface area contributed by atoms with Crippen LogP contribution in [0, 0.1) is 12.7 Å². The molecule has 0 spiro atoms. The Hall–Kier alpha value is -2.89. The van der Waals surface area contributed by atoms with Crippen LogP contribution in [-0.2, 0) is 6.54 Å². The highest BCUT2D eigenvalue weighted by molar-refractivity contribution is 6.04. The van der Waals surface area contributed by atoms with Crippen molar-refractivity contribution in [1.82, 2.24) is 10.6 Å². The van der Waals surface area contributed by atoms with E-state index in [2.05, 4.69) is 16.0 Å². The van der Waals surface area contributed by atoms with Gasteiger partial charge < -0.3 is 16.0 Å². The van der Waals surface area contributed by atoms with Gasteiger partial charge in [-0.25, -0.2) is 9.18 Å². The van der Waals surface area contributed by atoms with Crippen molar-refractivity contribution in [3.05, 3.63) is 65.0 Å². The number of amides is 3. The molecule has 0 saturated carbocycles. The molecule has 0 radical (unpaired) electrons. The number of urea groups is 1. The number of halogens is 1. The van der Waals surface area contributed by atoms with Gasteiger partial charge in [0, 0.05) is 23.8 Å². The molecule has 0 aromatic heterocycles. The second-order valence-electron chi connectivity index (χ2n) is 6.09. The molecule has 0 aliphatic carbocycles. The number of hydrogen-bond donors (Lipinski definition) is 3. The third kappa shape index (κ3) is 5.60. The van der Waals surface area contributed by atoms with Crippen LogP contribution in [0.2, 0.25) is 0 Å². The molecule has 132 valence electrons. The molecule has 0 unspecified atom stereocenters. The average Bonchev–Trinajstić information content (AvgIpc) is 2.55. The summed E-state index contributed by atoms with van der Waals surface area (Å²) in [5.41, 5.74) is 2.60. The highest BCUT2D eigenvalue weighted by atomic mass is 19.1. The minimum Gasteiger partial charge on any atom is -0.336 e. The van der Waals surface area contributed by atoms with Crippen molar-refractivity contribution in [3.63, 3.8) is 0 Å². The molecule has 0 heterocycles. The van der Waals surface area contributed by atoms with E-state index in [1.54, 1.807) is 31.2 Å². The van der Waals surface area contributed by atoms with Crippen LogP contribution in [0.5, 0.6) is 0 Å². The first-order valence-corrected chi connectivity index (χ1v) is 8.06. The van der Waals surface area contributed by atoms with Crippen LogP contribution >= 0.6 is 0 Å². The number of rotatable bonds is 5. The van der Waals surface area contributed by atoms with Gasteiger partial charge in [-0.3, -0.25) is 4.79 Å². The van der Waals surface area contributed by atoms with E-state index < -0.39 is 0 Å². The zero-order valence-electron chi connectivity index (χ0n) is 14.5. The van der Waals surface area contributed by atoms with Crippen molar-refractivity contribution in [1.29, 1.82) is 0 Å². The van der Waals surface area contributed by atoms with Gasteiger partial charge in [-0.05, 0) is 62.2 Å². The van der Waals surface area contributed by atoms with Crippen LogP contribution in [0.1, 0.15) is 35.3 Å². The Morgan fingerprint density at radius 3 is 2.36 bits per heavy atom. The van der Waals surface area contributed by atoms with Crippen molar-refractivity contribution >= 4 is 17.6 Å². The number of hydrogen-bond acceptors (Lipinski definition) is 2. The molecule has 0 aliphatic rings. The van der Waals surface area contributed by atoms with Gasteiger partial charge in [-0.2, -0.15) is 0 Å². The van der Waals surface area contributed by atoms with Crippen molar-refractivity contribution in [3.8, 4) is 0 Å². The molecule has 0 saturated heterocycles. The first kappa shape index (κ1) is 18.4. The fraction of sp³-hybridized carbons (Fsp3) is 0.263. The fourth-order valence-corrected chi connectivity index (χ4v) is 2.23. The second-order valence-corrected chi connectivity index (χ2v) is 6.09. The molecule has 3 N–H and O–H groups in total. The summed E-state index contributed by atoms with van der Waals surface area (Å²) in [4.78, 5) is 23.8. The van der Waals surface area contributed by atoms with Crippen LogP contribution in [0.15, 0.2) is 42.5 Å².